The Hall–Kier alpha value is -2.10. The number of benzene rings is 1. The fourth-order valence-corrected chi connectivity index (χ4v) is 3.17. The Morgan fingerprint density at radius 1 is 1.18 bits per heavy atom. The molecule has 7 nitrogen and oxygen atoms in total. The third kappa shape index (κ3) is 5.46. The Labute approximate surface area is 183 Å². The van der Waals surface area contributed by atoms with E-state index >= 15 is 0 Å². The van der Waals surface area contributed by atoms with E-state index in [0.29, 0.717) is 6.54 Å². The van der Waals surface area contributed by atoms with Gasteiger partial charge in [-0.15, -0.1) is 24.0 Å². The van der Waals surface area contributed by atoms with Crippen molar-refractivity contribution in [2.45, 2.75) is 40.3 Å². The molecule has 2 N–H and O–H groups in total. The second-order valence-electron chi connectivity index (χ2n) is 6.70. The summed E-state index contributed by atoms with van der Waals surface area (Å²) in [6, 6.07) is 10.3. The van der Waals surface area contributed by atoms with Gasteiger partial charge in [-0.3, -0.25) is 4.68 Å². The van der Waals surface area contributed by atoms with Gasteiger partial charge in [0.15, 0.2) is 5.96 Å². The van der Waals surface area contributed by atoms with Gasteiger partial charge in [-0.05, 0) is 45.4 Å². The molecular formula is C20H30IN7. The van der Waals surface area contributed by atoms with E-state index in [2.05, 4.69) is 55.9 Å². The van der Waals surface area contributed by atoms with Gasteiger partial charge in [-0.2, -0.15) is 5.10 Å². The van der Waals surface area contributed by atoms with Crippen molar-refractivity contribution in [1.82, 2.24) is 30.0 Å². The third-order valence-electron chi connectivity index (χ3n) is 4.55. The number of aromatic nitrogens is 4. The van der Waals surface area contributed by atoms with Crippen LogP contribution in [0.25, 0.3) is 11.0 Å². The first kappa shape index (κ1) is 22.2. The highest BCUT2D eigenvalue weighted by Gasteiger charge is 2.07. The minimum Gasteiger partial charge on any atom is -0.357 e. The average molecular weight is 495 g/mol. The van der Waals surface area contributed by atoms with Crippen LogP contribution in [0.4, 0.5) is 0 Å². The number of nitrogens with zero attached hydrogens (tertiary/aromatic N) is 5. The first-order chi connectivity index (χ1) is 13.1. The Bertz CT molecular complexity index is 926. The molecule has 0 aliphatic carbocycles. The highest BCUT2D eigenvalue weighted by Crippen LogP contribution is 2.14. The summed E-state index contributed by atoms with van der Waals surface area (Å²) in [7, 11) is 2.04. The zero-order valence-corrected chi connectivity index (χ0v) is 19.4. The number of imidazole rings is 1. The van der Waals surface area contributed by atoms with Crippen molar-refractivity contribution in [3.63, 3.8) is 0 Å². The molecule has 0 fully saturated rings. The van der Waals surface area contributed by atoms with E-state index in [1.165, 1.54) is 5.69 Å². The predicted molar refractivity (Wildman–Crippen MR) is 125 cm³/mol. The molecule has 8 heteroatoms. The molecule has 0 aliphatic rings. The maximum absolute atomic E-state index is 4.69. The molecule has 0 bridgehead atoms. The number of rotatable bonds is 7. The van der Waals surface area contributed by atoms with E-state index in [1.54, 1.807) is 0 Å². The number of fused-ring (bicyclic) bond motifs is 1. The number of para-hydroxylation sites is 2. The molecule has 0 radical (unpaired) electrons. The molecule has 152 valence electrons. The molecule has 0 saturated carbocycles. The van der Waals surface area contributed by atoms with Gasteiger partial charge >= 0.3 is 0 Å². The standard InChI is InChI=1S/C20H29N7.HI/c1-5-21-20(22-11-8-12-27-16(3)13-15(2)25-27)23-14-19-24-17-9-6-7-10-18(17)26(19)4;/h6-7,9-10,13H,5,8,11-12,14H2,1-4H3,(H2,21,22,23);1H. The third-order valence-corrected chi connectivity index (χ3v) is 4.55. The fourth-order valence-electron chi connectivity index (χ4n) is 3.17. The van der Waals surface area contributed by atoms with Crippen molar-refractivity contribution in [3.05, 3.63) is 47.5 Å². The van der Waals surface area contributed by atoms with Gasteiger partial charge in [0.25, 0.3) is 0 Å². The first-order valence-corrected chi connectivity index (χ1v) is 9.52. The van der Waals surface area contributed by atoms with Gasteiger partial charge in [0.05, 0.1) is 16.7 Å². The molecule has 0 unspecified atom stereocenters. The summed E-state index contributed by atoms with van der Waals surface area (Å²) >= 11 is 0. The van der Waals surface area contributed by atoms with E-state index in [0.717, 1.165) is 54.6 Å². The summed E-state index contributed by atoms with van der Waals surface area (Å²) in [5.41, 5.74) is 4.41. The molecular weight excluding hydrogens is 465 g/mol. The van der Waals surface area contributed by atoms with E-state index in [9.17, 15) is 0 Å². The summed E-state index contributed by atoms with van der Waals surface area (Å²) in [5, 5.41) is 11.2. The SMILES string of the molecule is CCNC(=NCc1nc2ccccc2n1C)NCCCn1nc(C)cc1C.I. The van der Waals surface area contributed by atoms with Crippen LogP contribution in [-0.4, -0.2) is 38.4 Å². The van der Waals surface area contributed by atoms with Gasteiger partial charge < -0.3 is 15.2 Å². The average Bonchev–Trinajstić information content (AvgIpc) is 3.15. The topological polar surface area (TPSA) is 72.1 Å². The monoisotopic (exact) mass is 495 g/mol. The molecule has 28 heavy (non-hydrogen) atoms. The van der Waals surface area contributed by atoms with Gasteiger partial charge in [0.2, 0.25) is 0 Å². The minimum atomic E-state index is 0. The molecule has 3 aromatic rings. The van der Waals surface area contributed by atoms with Gasteiger partial charge in [0, 0.05) is 32.4 Å². The quantitative estimate of drug-likeness (QED) is 0.229. The van der Waals surface area contributed by atoms with Crippen molar-refractivity contribution in [1.29, 1.82) is 0 Å². The lowest BCUT2D eigenvalue weighted by Crippen LogP contribution is -2.38. The maximum atomic E-state index is 4.69. The van der Waals surface area contributed by atoms with Crippen LogP contribution in [0.15, 0.2) is 35.3 Å². The molecule has 2 heterocycles. The number of hydrogen-bond acceptors (Lipinski definition) is 3. The van der Waals surface area contributed by atoms with Gasteiger partial charge in [-0.25, -0.2) is 9.98 Å². The lowest BCUT2D eigenvalue weighted by molar-refractivity contribution is 0.555. The van der Waals surface area contributed by atoms with Crippen LogP contribution in [0.5, 0.6) is 0 Å². The maximum Gasteiger partial charge on any atom is 0.191 e. The Balaban J connectivity index is 0.00000280. The van der Waals surface area contributed by atoms with Crippen LogP contribution in [0.1, 0.15) is 30.6 Å². The van der Waals surface area contributed by atoms with Crippen molar-refractivity contribution < 1.29 is 0 Å². The molecule has 0 spiro atoms. The molecule has 2 aromatic heterocycles. The number of halogens is 1. The normalized spacial score (nSPS) is 11.5. The van der Waals surface area contributed by atoms with Crippen LogP contribution in [-0.2, 0) is 20.1 Å². The van der Waals surface area contributed by atoms with Crippen molar-refractivity contribution >= 4 is 41.0 Å². The summed E-state index contributed by atoms with van der Waals surface area (Å²) < 4.78 is 4.16. The van der Waals surface area contributed by atoms with Crippen LogP contribution in [0, 0.1) is 13.8 Å². The molecule has 0 amide bonds. The number of hydrogen-bond donors (Lipinski definition) is 2. The van der Waals surface area contributed by atoms with E-state index in [-0.39, 0.29) is 24.0 Å². The van der Waals surface area contributed by atoms with Crippen LogP contribution >= 0.6 is 24.0 Å². The summed E-state index contributed by atoms with van der Waals surface area (Å²) in [4.78, 5) is 9.38. The van der Waals surface area contributed by atoms with Crippen LogP contribution < -0.4 is 10.6 Å². The van der Waals surface area contributed by atoms with Gasteiger partial charge in [-0.1, -0.05) is 12.1 Å². The Morgan fingerprint density at radius 3 is 2.64 bits per heavy atom. The lowest BCUT2D eigenvalue weighted by Gasteiger charge is -2.11. The molecule has 0 aliphatic heterocycles. The zero-order valence-electron chi connectivity index (χ0n) is 17.1. The van der Waals surface area contributed by atoms with Crippen LogP contribution in [0.3, 0.4) is 0 Å². The summed E-state index contributed by atoms with van der Waals surface area (Å²) in [5.74, 6) is 1.77. The fraction of sp³-hybridized carbons (Fsp3) is 0.450. The van der Waals surface area contributed by atoms with E-state index in [1.807, 2.05) is 32.2 Å². The lowest BCUT2D eigenvalue weighted by atomic mass is 10.3. The first-order valence-electron chi connectivity index (χ1n) is 9.52. The largest absolute Gasteiger partial charge is 0.357 e. The highest BCUT2D eigenvalue weighted by molar-refractivity contribution is 14.0. The van der Waals surface area contributed by atoms with Crippen molar-refractivity contribution in [3.8, 4) is 0 Å². The van der Waals surface area contributed by atoms with Crippen LogP contribution in [0.2, 0.25) is 0 Å². The predicted octanol–water partition coefficient (Wildman–Crippen LogP) is 3.15. The number of guanidine groups is 1. The number of aryl methyl sites for hydroxylation is 4. The highest BCUT2D eigenvalue weighted by atomic mass is 127. The molecule has 0 atom stereocenters. The zero-order chi connectivity index (χ0) is 19.2. The van der Waals surface area contributed by atoms with E-state index in [4.69, 9.17) is 4.99 Å². The summed E-state index contributed by atoms with van der Waals surface area (Å²) in [6.45, 7) is 9.30. The Morgan fingerprint density at radius 2 is 1.96 bits per heavy atom. The minimum absolute atomic E-state index is 0. The molecule has 0 saturated heterocycles. The molecule has 1 aromatic carbocycles. The van der Waals surface area contributed by atoms with Crippen molar-refractivity contribution in [2.75, 3.05) is 13.1 Å². The smallest absolute Gasteiger partial charge is 0.191 e. The summed E-state index contributed by atoms with van der Waals surface area (Å²) in [6.07, 6.45) is 0.985. The Kier molecular flexibility index (Phi) is 8.28. The van der Waals surface area contributed by atoms with Gasteiger partial charge in [0.1, 0.15) is 12.4 Å². The van der Waals surface area contributed by atoms with Crippen molar-refractivity contribution in [2.24, 2.45) is 12.0 Å². The van der Waals surface area contributed by atoms with E-state index < -0.39 is 0 Å². The number of aliphatic imine (C=N–C) groups is 1. The second kappa shape index (κ2) is 10.4. The second-order valence-corrected chi connectivity index (χ2v) is 6.70. The number of nitrogens with one attached hydrogen (secondary N) is 2. The molecule has 3 rings (SSSR count).